The van der Waals surface area contributed by atoms with Crippen LogP contribution in [0, 0.1) is 5.82 Å². The predicted molar refractivity (Wildman–Crippen MR) is 65.5 cm³/mol. The number of benzene rings is 1. The van der Waals surface area contributed by atoms with Crippen LogP contribution in [-0.4, -0.2) is 22.0 Å². The summed E-state index contributed by atoms with van der Waals surface area (Å²) in [4.78, 5) is 26.6. The predicted octanol–water partition coefficient (Wildman–Crippen LogP) is 2.17. The number of carbonyl (C=O) groups is 2. The van der Waals surface area contributed by atoms with Crippen molar-refractivity contribution >= 4 is 17.7 Å². The lowest BCUT2D eigenvalue weighted by Crippen LogP contribution is -2.16. The Morgan fingerprint density at radius 2 is 2.00 bits per heavy atom. The van der Waals surface area contributed by atoms with E-state index in [-0.39, 0.29) is 16.9 Å². The molecule has 1 heterocycles. The second-order valence-electron chi connectivity index (χ2n) is 3.67. The summed E-state index contributed by atoms with van der Waals surface area (Å²) in [6.45, 7) is 0. The van der Waals surface area contributed by atoms with Crippen molar-refractivity contribution < 1.29 is 19.1 Å². The van der Waals surface area contributed by atoms with Gasteiger partial charge in [-0.2, -0.15) is 0 Å². The van der Waals surface area contributed by atoms with Gasteiger partial charge in [0.15, 0.2) is 0 Å². The molecule has 0 spiro atoms. The topological polar surface area (TPSA) is 79.3 Å². The van der Waals surface area contributed by atoms with E-state index < -0.39 is 17.7 Å². The van der Waals surface area contributed by atoms with Crippen molar-refractivity contribution in [2.24, 2.45) is 0 Å². The molecule has 0 aliphatic carbocycles. The summed E-state index contributed by atoms with van der Waals surface area (Å²) in [5.41, 5.74) is -0.0470. The van der Waals surface area contributed by atoms with Crippen LogP contribution in [0.3, 0.4) is 0 Å². The zero-order valence-electron chi connectivity index (χ0n) is 9.63. The fourth-order valence-electron chi connectivity index (χ4n) is 1.49. The molecule has 0 fully saturated rings. The van der Waals surface area contributed by atoms with E-state index in [1.807, 2.05) is 0 Å². The van der Waals surface area contributed by atoms with Crippen LogP contribution in [0.25, 0.3) is 0 Å². The number of anilines is 1. The van der Waals surface area contributed by atoms with Gasteiger partial charge in [-0.15, -0.1) is 0 Å². The van der Waals surface area contributed by atoms with E-state index in [0.717, 1.165) is 6.07 Å². The molecule has 1 aromatic carbocycles. The first-order valence-electron chi connectivity index (χ1n) is 5.33. The number of aromatic nitrogens is 1. The van der Waals surface area contributed by atoms with E-state index >= 15 is 0 Å². The maximum absolute atomic E-state index is 13.0. The second kappa shape index (κ2) is 5.26. The number of nitrogens with one attached hydrogen (secondary N) is 1. The van der Waals surface area contributed by atoms with Crippen molar-refractivity contribution in [3.63, 3.8) is 0 Å². The summed E-state index contributed by atoms with van der Waals surface area (Å²) in [5, 5.41) is 11.3. The minimum Gasteiger partial charge on any atom is -0.478 e. The number of halogens is 1. The third-order valence-electron chi connectivity index (χ3n) is 2.36. The van der Waals surface area contributed by atoms with Crippen LogP contribution in [0.1, 0.15) is 20.7 Å². The number of pyridine rings is 1. The number of rotatable bonds is 3. The summed E-state index contributed by atoms with van der Waals surface area (Å²) in [6.07, 6.45) is 1.35. The molecule has 5 nitrogen and oxygen atoms in total. The second-order valence-corrected chi connectivity index (χ2v) is 3.67. The Kier molecular flexibility index (Phi) is 3.51. The SMILES string of the molecule is O=C(Nc1ncccc1C(=O)O)c1cccc(F)c1. The molecule has 1 aromatic heterocycles. The normalized spacial score (nSPS) is 9.95. The molecule has 0 atom stereocenters. The minimum atomic E-state index is -1.21. The third-order valence-corrected chi connectivity index (χ3v) is 2.36. The number of carboxylic acid groups (broad SMARTS) is 1. The van der Waals surface area contributed by atoms with Crippen molar-refractivity contribution in [2.75, 3.05) is 5.32 Å². The van der Waals surface area contributed by atoms with Crippen LogP contribution >= 0.6 is 0 Å². The molecular weight excluding hydrogens is 251 g/mol. The molecular formula is C13H9FN2O3. The van der Waals surface area contributed by atoms with Gasteiger partial charge in [0.05, 0.1) is 0 Å². The largest absolute Gasteiger partial charge is 0.478 e. The number of hydrogen-bond donors (Lipinski definition) is 2. The first-order valence-corrected chi connectivity index (χ1v) is 5.33. The average molecular weight is 260 g/mol. The van der Waals surface area contributed by atoms with Crippen LogP contribution in [0.5, 0.6) is 0 Å². The van der Waals surface area contributed by atoms with Crippen LogP contribution in [0.15, 0.2) is 42.6 Å². The number of carbonyl (C=O) groups excluding carboxylic acids is 1. The molecule has 0 bridgehead atoms. The zero-order valence-corrected chi connectivity index (χ0v) is 9.63. The van der Waals surface area contributed by atoms with Gasteiger partial charge in [-0.3, -0.25) is 4.79 Å². The Labute approximate surface area is 107 Å². The third kappa shape index (κ3) is 2.92. The Balaban J connectivity index is 2.27. The van der Waals surface area contributed by atoms with Crippen molar-refractivity contribution in [2.45, 2.75) is 0 Å². The maximum Gasteiger partial charge on any atom is 0.339 e. The highest BCUT2D eigenvalue weighted by Crippen LogP contribution is 2.13. The molecule has 0 aliphatic heterocycles. The van der Waals surface area contributed by atoms with Crippen LogP contribution in [-0.2, 0) is 0 Å². The summed E-state index contributed by atoms with van der Waals surface area (Å²) < 4.78 is 13.0. The quantitative estimate of drug-likeness (QED) is 0.886. The highest BCUT2D eigenvalue weighted by molar-refractivity contribution is 6.06. The number of amides is 1. The van der Waals surface area contributed by atoms with Crippen molar-refractivity contribution in [3.8, 4) is 0 Å². The smallest absolute Gasteiger partial charge is 0.339 e. The lowest BCUT2D eigenvalue weighted by atomic mass is 10.2. The van der Waals surface area contributed by atoms with Crippen molar-refractivity contribution in [1.82, 2.24) is 4.98 Å². The molecule has 2 N–H and O–H groups in total. The summed E-state index contributed by atoms with van der Waals surface area (Å²) in [6, 6.07) is 7.83. The van der Waals surface area contributed by atoms with Gasteiger partial charge in [0.2, 0.25) is 0 Å². The van der Waals surface area contributed by atoms with E-state index in [4.69, 9.17) is 5.11 Å². The summed E-state index contributed by atoms with van der Waals surface area (Å²) >= 11 is 0. The van der Waals surface area contributed by atoms with E-state index in [1.54, 1.807) is 0 Å². The fourth-order valence-corrected chi connectivity index (χ4v) is 1.49. The fraction of sp³-hybridized carbons (Fsp3) is 0. The van der Waals surface area contributed by atoms with Gasteiger partial charge in [-0.1, -0.05) is 6.07 Å². The van der Waals surface area contributed by atoms with Gasteiger partial charge >= 0.3 is 5.97 Å². The van der Waals surface area contributed by atoms with E-state index in [0.29, 0.717) is 0 Å². The molecule has 0 saturated carbocycles. The molecule has 96 valence electrons. The molecule has 6 heteroatoms. The molecule has 2 rings (SSSR count). The molecule has 1 amide bonds. The molecule has 0 saturated heterocycles. The number of hydrogen-bond acceptors (Lipinski definition) is 3. The van der Waals surface area contributed by atoms with Gasteiger partial charge in [0.25, 0.3) is 5.91 Å². The van der Waals surface area contributed by atoms with E-state index in [2.05, 4.69) is 10.3 Å². The van der Waals surface area contributed by atoms with Gasteiger partial charge in [0, 0.05) is 11.8 Å². The highest BCUT2D eigenvalue weighted by Gasteiger charge is 2.14. The number of nitrogens with zero attached hydrogens (tertiary/aromatic N) is 1. The Hall–Kier alpha value is -2.76. The monoisotopic (exact) mass is 260 g/mol. The van der Waals surface area contributed by atoms with Gasteiger partial charge in [-0.05, 0) is 30.3 Å². The van der Waals surface area contributed by atoms with Crippen LogP contribution in [0.4, 0.5) is 10.2 Å². The Morgan fingerprint density at radius 3 is 2.68 bits per heavy atom. The Bertz CT molecular complexity index is 643. The molecule has 0 aliphatic rings. The molecule has 2 aromatic rings. The van der Waals surface area contributed by atoms with Gasteiger partial charge < -0.3 is 10.4 Å². The Morgan fingerprint density at radius 1 is 1.21 bits per heavy atom. The summed E-state index contributed by atoms with van der Waals surface area (Å²) in [7, 11) is 0. The summed E-state index contributed by atoms with van der Waals surface area (Å²) in [5.74, 6) is -2.46. The lowest BCUT2D eigenvalue weighted by molar-refractivity contribution is 0.0697. The molecule has 0 radical (unpaired) electrons. The first kappa shape index (κ1) is 12.7. The molecule has 0 unspecified atom stereocenters. The first-order chi connectivity index (χ1) is 9.08. The lowest BCUT2D eigenvalue weighted by Gasteiger charge is -2.07. The average Bonchev–Trinajstić information content (AvgIpc) is 2.39. The standard InChI is InChI=1S/C13H9FN2O3/c14-9-4-1-3-8(7-9)12(17)16-11-10(13(18)19)5-2-6-15-11/h1-7H,(H,18,19)(H,15,16,17). The number of carboxylic acids is 1. The van der Waals surface area contributed by atoms with Gasteiger partial charge in [-0.25, -0.2) is 14.2 Å². The van der Waals surface area contributed by atoms with Crippen molar-refractivity contribution in [3.05, 3.63) is 59.5 Å². The van der Waals surface area contributed by atoms with E-state index in [1.165, 1.54) is 36.5 Å². The maximum atomic E-state index is 13.0. The highest BCUT2D eigenvalue weighted by atomic mass is 19.1. The van der Waals surface area contributed by atoms with Gasteiger partial charge in [0.1, 0.15) is 17.2 Å². The van der Waals surface area contributed by atoms with Crippen LogP contribution in [0.2, 0.25) is 0 Å². The molecule has 19 heavy (non-hydrogen) atoms. The van der Waals surface area contributed by atoms with Crippen LogP contribution < -0.4 is 5.32 Å². The number of aromatic carboxylic acids is 1. The zero-order chi connectivity index (χ0) is 13.8. The minimum absolute atomic E-state index is 0.0794. The van der Waals surface area contributed by atoms with E-state index in [9.17, 15) is 14.0 Å². The van der Waals surface area contributed by atoms with Crippen molar-refractivity contribution in [1.29, 1.82) is 0 Å².